The van der Waals surface area contributed by atoms with E-state index < -0.39 is 46.0 Å². The number of carbonyl (C=O) groups is 2. The standard InChI is InChI=1S/C18H15F3N4O4/c1-24-9-12(10-4-6-11(7-5-10)18(19,20)21)14(17(24)27)16(26)23-15-13(25(28)29)3-2-8-22-15/h2-8,12,14H,9H2,1H3,(H,22,23,26)/t12-,14+/m1/s1. The maximum Gasteiger partial charge on any atom is 0.416 e. The van der Waals surface area contributed by atoms with E-state index in [9.17, 15) is 32.9 Å². The van der Waals surface area contributed by atoms with E-state index in [2.05, 4.69) is 10.3 Å². The maximum absolute atomic E-state index is 12.8. The molecule has 11 heteroatoms. The quantitative estimate of drug-likeness (QED) is 0.476. The van der Waals surface area contributed by atoms with Gasteiger partial charge >= 0.3 is 11.9 Å². The van der Waals surface area contributed by atoms with Gasteiger partial charge in [-0.1, -0.05) is 12.1 Å². The number of hydrogen-bond donors (Lipinski definition) is 1. The first kappa shape index (κ1) is 20.2. The summed E-state index contributed by atoms with van der Waals surface area (Å²) in [4.78, 5) is 40.7. The van der Waals surface area contributed by atoms with E-state index in [1.165, 1.54) is 36.3 Å². The van der Waals surface area contributed by atoms with Gasteiger partial charge in [-0.15, -0.1) is 0 Å². The highest BCUT2D eigenvalue weighted by molar-refractivity contribution is 6.08. The van der Waals surface area contributed by atoms with Crippen molar-refractivity contribution in [3.8, 4) is 0 Å². The zero-order valence-electron chi connectivity index (χ0n) is 15.0. The molecular formula is C18H15F3N4O4. The third-order valence-corrected chi connectivity index (χ3v) is 4.69. The van der Waals surface area contributed by atoms with E-state index in [0.29, 0.717) is 5.56 Å². The number of aromatic nitrogens is 1. The van der Waals surface area contributed by atoms with Crippen molar-refractivity contribution in [2.45, 2.75) is 12.1 Å². The van der Waals surface area contributed by atoms with Crippen molar-refractivity contribution in [2.75, 3.05) is 18.9 Å². The Kier molecular flexibility index (Phi) is 5.23. The van der Waals surface area contributed by atoms with E-state index in [0.717, 1.165) is 18.2 Å². The molecule has 3 rings (SSSR count). The highest BCUT2D eigenvalue weighted by Gasteiger charge is 2.45. The van der Waals surface area contributed by atoms with Gasteiger partial charge in [0.25, 0.3) is 0 Å². The van der Waals surface area contributed by atoms with Crippen LogP contribution < -0.4 is 5.32 Å². The van der Waals surface area contributed by atoms with Gasteiger partial charge in [0.05, 0.1) is 10.5 Å². The predicted octanol–water partition coefficient (Wildman–Crippen LogP) is 2.82. The van der Waals surface area contributed by atoms with E-state index in [1.807, 2.05) is 0 Å². The Morgan fingerprint density at radius 3 is 2.52 bits per heavy atom. The minimum atomic E-state index is -4.50. The Labute approximate surface area is 162 Å². The topological polar surface area (TPSA) is 105 Å². The number of alkyl halides is 3. The maximum atomic E-state index is 12.8. The lowest BCUT2D eigenvalue weighted by Crippen LogP contribution is -2.33. The molecule has 1 aliphatic heterocycles. The molecule has 2 atom stereocenters. The van der Waals surface area contributed by atoms with Gasteiger partial charge in [-0.3, -0.25) is 19.7 Å². The first-order valence-electron chi connectivity index (χ1n) is 8.42. The Bertz CT molecular complexity index is 962. The van der Waals surface area contributed by atoms with Crippen molar-refractivity contribution in [3.63, 3.8) is 0 Å². The summed E-state index contributed by atoms with van der Waals surface area (Å²) in [5.41, 5.74) is -0.902. The fourth-order valence-corrected chi connectivity index (χ4v) is 3.25. The molecule has 0 unspecified atom stereocenters. The highest BCUT2D eigenvalue weighted by atomic mass is 19.4. The van der Waals surface area contributed by atoms with Crippen LogP contribution in [0, 0.1) is 16.0 Å². The molecule has 1 N–H and O–H groups in total. The molecule has 1 aromatic carbocycles. The SMILES string of the molecule is CN1C[C@H](c2ccc(C(F)(F)F)cc2)[C@@H](C(=O)Nc2ncccc2[N+](=O)[O-])C1=O. The number of amides is 2. The molecule has 2 amide bonds. The van der Waals surface area contributed by atoms with E-state index in [4.69, 9.17) is 0 Å². The van der Waals surface area contributed by atoms with Crippen LogP contribution in [-0.2, 0) is 15.8 Å². The van der Waals surface area contributed by atoms with Gasteiger partial charge in [-0.25, -0.2) is 4.98 Å². The van der Waals surface area contributed by atoms with Crippen molar-refractivity contribution in [2.24, 2.45) is 5.92 Å². The van der Waals surface area contributed by atoms with E-state index in [-0.39, 0.29) is 12.4 Å². The van der Waals surface area contributed by atoms with Crippen LogP contribution in [0.5, 0.6) is 0 Å². The van der Waals surface area contributed by atoms with Crippen LogP contribution in [0.3, 0.4) is 0 Å². The zero-order chi connectivity index (χ0) is 21.3. The number of halogens is 3. The summed E-state index contributed by atoms with van der Waals surface area (Å²) in [7, 11) is 1.47. The lowest BCUT2D eigenvalue weighted by molar-refractivity contribution is -0.384. The molecule has 0 aliphatic carbocycles. The second kappa shape index (κ2) is 7.49. The number of nitro groups is 1. The lowest BCUT2D eigenvalue weighted by atomic mass is 9.87. The molecule has 1 aromatic heterocycles. The number of benzene rings is 1. The van der Waals surface area contributed by atoms with Crippen LogP contribution in [0.15, 0.2) is 42.6 Å². The van der Waals surface area contributed by atoms with Crippen molar-refractivity contribution in [3.05, 3.63) is 63.8 Å². The van der Waals surface area contributed by atoms with Crippen molar-refractivity contribution in [1.82, 2.24) is 9.88 Å². The smallest absolute Gasteiger partial charge is 0.344 e. The van der Waals surface area contributed by atoms with Crippen molar-refractivity contribution < 1.29 is 27.7 Å². The Hall–Kier alpha value is -3.50. The first-order chi connectivity index (χ1) is 13.6. The van der Waals surface area contributed by atoms with Crippen molar-refractivity contribution in [1.29, 1.82) is 0 Å². The molecule has 1 aliphatic rings. The van der Waals surface area contributed by atoms with Gasteiger partial charge in [-0.2, -0.15) is 13.2 Å². The third-order valence-electron chi connectivity index (χ3n) is 4.69. The van der Waals surface area contributed by atoms with Crippen LogP contribution in [0.25, 0.3) is 0 Å². The molecule has 8 nitrogen and oxygen atoms in total. The number of rotatable bonds is 4. The number of likely N-dealkylation sites (N-methyl/N-ethyl adjacent to an activating group) is 1. The normalized spacial score (nSPS) is 19.3. The molecule has 0 saturated carbocycles. The van der Waals surface area contributed by atoms with Gasteiger partial charge < -0.3 is 10.2 Å². The molecule has 2 heterocycles. The predicted molar refractivity (Wildman–Crippen MR) is 94.8 cm³/mol. The van der Waals surface area contributed by atoms with Gasteiger partial charge in [-0.05, 0) is 23.8 Å². The highest BCUT2D eigenvalue weighted by Crippen LogP contribution is 2.36. The number of carbonyl (C=O) groups excluding carboxylic acids is 2. The molecule has 1 fully saturated rings. The van der Waals surface area contributed by atoms with E-state index >= 15 is 0 Å². The molecule has 0 spiro atoms. The van der Waals surface area contributed by atoms with Gasteiger partial charge in [0, 0.05) is 31.8 Å². The summed E-state index contributed by atoms with van der Waals surface area (Å²) in [5.74, 6) is -3.62. The summed E-state index contributed by atoms with van der Waals surface area (Å²) in [6.45, 7) is 0.118. The summed E-state index contributed by atoms with van der Waals surface area (Å²) in [6, 6.07) is 6.70. The average molecular weight is 408 g/mol. The number of likely N-dealkylation sites (tertiary alicyclic amines) is 1. The second-order valence-corrected chi connectivity index (χ2v) is 6.54. The Morgan fingerprint density at radius 2 is 1.93 bits per heavy atom. The number of nitrogens with one attached hydrogen (secondary N) is 1. The molecular weight excluding hydrogens is 393 g/mol. The lowest BCUT2D eigenvalue weighted by Gasteiger charge is -2.17. The second-order valence-electron chi connectivity index (χ2n) is 6.54. The van der Waals surface area contributed by atoms with Gasteiger partial charge in [0.2, 0.25) is 17.6 Å². The summed E-state index contributed by atoms with van der Waals surface area (Å²) in [6.07, 6.45) is -3.26. The largest absolute Gasteiger partial charge is 0.416 e. The monoisotopic (exact) mass is 408 g/mol. The Balaban J connectivity index is 1.89. The van der Waals surface area contributed by atoms with Crippen LogP contribution in [-0.4, -0.2) is 40.2 Å². The zero-order valence-corrected chi connectivity index (χ0v) is 15.0. The summed E-state index contributed by atoms with van der Waals surface area (Å²) >= 11 is 0. The van der Waals surface area contributed by atoms with Crippen LogP contribution in [0.4, 0.5) is 24.7 Å². The number of hydrogen-bond acceptors (Lipinski definition) is 5. The fraction of sp³-hybridized carbons (Fsp3) is 0.278. The number of nitrogens with zero attached hydrogens (tertiary/aromatic N) is 3. The minimum Gasteiger partial charge on any atom is -0.344 e. The molecule has 0 bridgehead atoms. The average Bonchev–Trinajstić information content (AvgIpc) is 2.96. The third kappa shape index (κ3) is 4.03. The molecule has 29 heavy (non-hydrogen) atoms. The number of pyridine rings is 1. The molecule has 1 saturated heterocycles. The first-order valence-corrected chi connectivity index (χ1v) is 8.42. The molecule has 152 valence electrons. The fourth-order valence-electron chi connectivity index (χ4n) is 3.25. The summed E-state index contributed by atoms with van der Waals surface area (Å²) < 4.78 is 38.3. The van der Waals surface area contributed by atoms with Gasteiger partial charge in [0.15, 0.2) is 0 Å². The van der Waals surface area contributed by atoms with Crippen LogP contribution >= 0.6 is 0 Å². The minimum absolute atomic E-state index is 0.118. The van der Waals surface area contributed by atoms with Crippen LogP contribution in [0.1, 0.15) is 17.0 Å². The summed E-state index contributed by atoms with van der Waals surface area (Å²) in [5, 5.41) is 13.4. The van der Waals surface area contributed by atoms with Crippen molar-refractivity contribution >= 4 is 23.3 Å². The molecule has 2 aromatic rings. The number of anilines is 1. The molecule has 0 radical (unpaired) electrons. The van der Waals surface area contributed by atoms with Crippen LogP contribution in [0.2, 0.25) is 0 Å². The van der Waals surface area contributed by atoms with Gasteiger partial charge in [0.1, 0.15) is 5.92 Å². The van der Waals surface area contributed by atoms with E-state index in [1.54, 1.807) is 0 Å². The Morgan fingerprint density at radius 1 is 1.28 bits per heavy atom.